The summed E-state index contributed by atoms with van der Waals surface area (Å²) in [7, 11) is 0. The normalized spacial score (nSPS) is 12.5. The molecule has 2 nitrogen and oxygen atoms in total. The van der Waals surface area contributed by atoms with Gasteiger partial charge in [0.2, 0.25) is 0 Å². The molecule has 0 aliphatic heterocycles. The lowest BCUT2D eigenvalue weighted by atomic mass is 10.0. The second-order valence-electron chi connectivity index (χ2n) is 8.05. The van der Waals surface area contributed by atoms with Crippen molar-refractivity contribution in [2.75, 3.05) is 6.61 Å². The Kier molecular flexibility index (Phi) is 7.50. The Balaban J connectivity index is 1.73. The Morgan fingerprint density at radius 2 is 1.62 bits per heavy atom. The average Bonchev–Trinajstić information content (AvgIpc) is 3.54. The van der Waals surface area contributed by atoms with Gasteiger partial charge < -0.3 is 4.74 Å². The second kappa shape index (κ2) is 10.2. The second-order valence-corrected chi connectivity index (χ2v) is 12.7. The molecule has 0 aliphatic carbocycles. The number of rotatable bonds is 9. The summed E-state index contributed by atoms with van der Waals surface area (Å²) in [6.07, 6.45) is 4.23. The quantitative estimate of drug-likeness (QED) is 0.211. The Labute approximate surface area is 204 Å². The lowest BCUT2D eigenvalue weighted by Gasteiger charge is -2.14. The zero-order valence-electron chi connectivity index (χ0n) is 18.7. The topological polar surface area (TPSA) is 26.3 Å². The lowest BCUT2D eigenvalue weighted by molar-refractivity contribution is 0.0429. The first-order chi connectivity index (χ1) is 15.4. The molecule has 4 aromatic heterocycles. The number of thiophene rings is 4. The van der Waals surface area contributed by atoms with E-state index in [1.54, 1.807) is 34.0 Å². The van der Waals surface area contributed by atoms with Gasteiger partial charge in [-0.05, 0) is 50.5 Å². The van der Waals surface area contributed by atoms with Gasteiger partial charge in [0, 0.05) is 24.9 Å². The van der Waals surface area contributed by atoms with Gasteiger partial charge in [-0.3, -0.25) is 0 Å². The van der Waals surface area contributed by atoms with E-state index >= 15 is 4.39 Å². The van der Waals surface area contributed by atoms with Crippen LogP contribution in [0.3, 0.4) is 0 Å². The number of esters is 1. The summed E-state index contributed by atoms with van der Waals surface area (Å²) < 4.78 is 22.1. The van der Waals surface area contributed by atoms with E-state index in [1.165, 1.54) is 21.1 Å². The summed E-state index contributed by atoms with van der Waals surface area (Å²) in [5, 5.41) is 0.563. The molecular weight excluding hydrogens is 480 g/mol. The molecule has 7 heteroatoms. The molecule has 4 heterocycles. The van der Waals surface area contributed by atoms with E-state index in [0.717, 1.165) is 49.9 Å². The van der Waals surface area contributed by atoms with Crippen molar-refractivity contribution < 1.29 is 13.9 Å². The van der Waals surface area contributed by atoms with Gasteiger partial charge in [-0.15, -0.1) is 45.3 Å². The number of aryl methyl sites for hydroxylation is 2. The molecule has 0 bridgehead atoms. The van der Waals surface area contributed by atoms with Crippen LogP contribution in [-0.4, -0.2) is 12.6 Å². The van der Waals surface area contributed by atoms with Gasteiger partial charge in [-0.1, -0.05) is 33.1 Å². The van der Waals surface area contributed by atoms with E-state index in [2.05, 4.69) is 45.9 Å². The third kappa shape index (κ3) is 4.72. The monoisotopic (exact) mass is 506 g/mol. The highest BCUT2D eigenvalue weighted by Gasteiger charge is 2.28. The van der Waals surface area contributed by atoms with Crippen molar-refractivity contribution in [2.24, 2.45) is 5.92 Å². The van der Waals surface area contributed by atoms with Gasteiger partial charge >= 0.3 is 5.97 Å². The third-order valence-corrected chi connectivity index (χ3v) is 10.4. The molecule has 32 heavy (non-hydrogen) atoms. The maximum absolute atomic E-state index is 15.7. The number of hydrogen-bond acceptors (Lipinski definition) is 6. The SMILES string of the molecule is CCCCC(CC)COC(=O)c1sc2c(-c3ccc(C)s3)sc(-c3ccc(C)s3)c2c1F. The zero-order valence-corrected chi connectivity index (χ0v) is 22.0. The molecular formula is C25H27FO2S4. The maximum atomic E-state index is 15.7. The van der Waals surface area contributed by atoms with Crippen molar-refractivity contribution in [3.63, 3.8) is 0 Å². The van der Waals surface area contributed by atoms with Crippen LogP contribution in [0.1, 0.15) is 59.0 Å². The summed E-state index contributed by atoms with van der Waals surface area (Å²) in [6, 6.07) is 8.27. The average molecular weight is 507 g/mol. The molecule has 4 aromatic rings. The molecule has 0 aromatic carbocycles. The van der Waals surface area contributed by atoms with Crippen LogP contribution in [0.25, 0.3) is 29.6 Å². The van der Waals surface area contributed by atoms with Crippen molar-refractivity contribution in [3.8, 4) is 19.5 Å². The lowest BCUT2D eigenvalue weighted by Crippen LogP contribution is -2.14. The van der Waals surface area contributed by atoms with Crippen LogP contribution in [0.15, 0.2) is 24.3 Å². The van der Waals surface area contributed by atoms with Crippen LogP contribution >= 0.6 is 45.3 Å². The number of fused-ring (bicyclic) bond motifs is 1. The zero-order chi connectivity index (χ0) is 22.8. The number of carbonyl (C=O) groups excluding carboxylic acids is 1. The molecule has 1 unspecified atom stereocenters. The Bertz CT molecular complexity index is 1230. The highest BCUT2D eigenvalue weighted by molar-refractivity contribution is 7.32. The smallest absolute Gasteiger partial charge is 0.351 e. The number of unbranched alkanes of at least 4 members (excludes halogenated alkanes) is 1. The molecule has 0 N–H and O–H groups in total. The largest absolute Gasteiger partial charge is 0.461 e. The summed E-state index contributed by atoms with van der Waals surface area (Å²) in [5.74, 6) is -0.643. The standard InChI is InChI=1S/C25H27FO2S4/c1-5-7-8-16(6-2)13-28-25(27)24-20(26)19-21(17-11-9-14(3)29-17)31-22(23(19)32-24)18-12-10-15(4)30-18/h9-12,16H,5-8,13H2,1-4H3. The minimum Gasteiger partial charge on any atom is -0.461 e. The van der Waals surface area contributed by atoms with Gasteiger partial charge in [0.15, 0.2) is 5.82 Å². The molecule has 4 rings (SSSR count). The summed E-state index contributed by atoms with van der Waals surface area (Å²) in [5.41, 5.74) is 0. The van der Waals surface area contributed by atoms with Gasteiger partial charge in [-0.25, -0.2) is 9.18 Å². The molecule has 0 saturated heterocycles. The van der Waals surface area contributed by atoms with Crippen LogP contribution < -0.4 is 0 Å². The number of carbonyl (C=O) groups is 1. The van der Waals surface area contributed by atoms with E-state index in [-0.39, 0.29) is 4.88 Å². The predicted molar refractivity (Wildman–Crippen MR) is 139 cm³/mol. The first kappa shape index (κ1) is 23.6. The van der Waals surface area contributed by atoms with Gasteiger partial charge in [0.25, 0.3) is 0 Å². The third-order valence-electron chi connectivity index (χ3n) is 5.59. The minimum absolute atomic E-state index is 0.0946. The molecule has 0 aliphatic rings. The Morgan fingerprint density at radius 3 is 2.19 bits per heavy atom. The molecule has 0 fully saturated rings. The molecule has 0 saturated carbocycles. The molecule has 0 radical (unpaired) electrons. The van der Waals surface area contributed by atoms with Crippen molar-refractivity contribution in [2.45, 2.75) is 53.4 Å². The van der Waals surface area contributed by atoms with Crippen molar-refractivity contribution in [1.82, 2.24) is 0 Å². The van der Waals surface area contributed by atoms with Gasteiger partial charge in [0.05, 0.1) is 21.1 Å². The van der Waals surface area contributed by atoms with Crippen molar-refractivity contribution in [3.05, 3.63) is 44.7 Å². The van der Waals surface area contributed by atoms with Gasteiger partial charge in [-0.2, -0.15) is 0 Å². The van der Waals surface area contributed by atoms with Gasteiger partial charge in [0.1, 0.15) is 4.88 Å². The van der Waals surface area contributed by atoms with Crippen molar-refractivity contribution >= 4 is 61.4 Å². The Morgan fingerprint density at radius 1 is 0.969 bits per heavy atom. The highest BCUT2D eigenvalue weighted by Crippen LogP contribution is 2.51. The van der Waals surface area contributed by atoms with E-state index in [9.17, 15) is 4.79 Å². The Hall–Kier alpha value is -1.54. The van der Waals surface area contributed by atoms with E-state index < -0.39 is 11.8 Å². The summed E-state index contributed by atoms with van der Waals surface area (Å²) in [4.78, 5) is 19.5. The summed E-state index contributed by atoms with van der Waals surface area (Å²) in [6.45, 7) is 8.75. The van der Waals surface area contributed by atoms with Crippen molar-refractivity contribution in [1.29, 1.82) is 0 Å². The van der Waals surface area contributed by atoms with Crippen LogP contribution in [0.2, 0.25) is 0 Å². The van der Waals surface area contributed by atoms with Crippen LogP contribution in [0, 0.1) is 25.6 Å². The fourth-order valence-electron chi connectivity index (χ4n) is 3.71. The van der Waals surface area contributed by atoms with Crippen LogP contribution in [-0.2, 0) is 4.74 Å². The highest BCUT2D eigenvalue weighted by atomic mass is 32.1. The maximum Gasteiger partial charge on any atom is 0.351 e. The minimum atomic E-state index is -0.537. The van der Waals surface area contributed by atoms with E-state index in [1.807, 2.05) is 6.07 Å². The van der Waals surface area contributed by atoms with Crippen LogP contribution in [0.4, 0.5) is 4.39 Å². The molecule has 0 amide bonds. The fraction of sp³-hybridized carbons (Fsp3) is 0.400. The van der Waals surface area contributed by atoms with E-state index in [0.29, 0.717) is 17.9 Å². The molecule has 170 valence electrons. The van der Waals surface area contributed by atoms with E-state index in [4.69, 9.17) is 4.74 Å². The van der Waals surface area contributed by atoms with Crippen LogP contribution in [0.5, 0.6) is 0 Å². The molecule has 1 atom stereocenters. The predicted octanol–water partition coefficient (Wildman–Crippen LogP) is 9.55. The first-order valence-electron chi connectivity index (χ1n) is 11.0. The molecule has 0 spiro atoms. The number of hydrogen-bond donors (Lipinski definition) is 0. The number of halogens is 1. The fourth-order valence-corrected chi connectivity index (χ4v) is 8.28. The first-order valence-corrected chi connectivity index (χ1v) is 14.2. The number of ether oxygens (including phenoxy) is 1. The summed E-state index contributed by atoms with van der Waals surface area (Å²) >= 11 is 6.21.